The zero-order chi connectivity index (χ0) is 53.2. The second-order valence-corrected chi connectivity index (χ2v) is 15.8. The summed E-state index contributed by atoms with van der Waals surface area (Å²) in [6.07, 6.45) is -4.38. The summed E-state index contributed by atoms with van der Waals surface area (Å²) in [5.41, 5.74) is 3.45. The Morgan fingerprint density at radius 1 is 0.707 bits per heavy atom. The number of furan rings is 1. The summed E-state index contributed by atoms with van der Waals surface area (Å²) in [6.45, 7) is 4.13. The van der Waals surface area contributed by atoms with Crippen LogP contribution < -0.4 is 0 Å². The normalized spacial score (nSPS) is 16.8. The first-order valence-electron chi connectivity index (χ1n) is 26.1. The van der Waals surface area contributed by atoms with Crippen LogP contribution in [-0.2, 0) is 44.6 Å². The zero-order valence-electron chi connectivity index (χ0n) is 48.1. The fourth-order valence-corrected chi connectivity index (χ4v) is 6.26. The van der Waals surface area contributed by atoms with Gasteiger partial charge >= 0.3 is 0 Å². The van der Waals surface area contributed by atoms with Crippen LogP contribution in [0.3, 0.4) is 0 Å². The SMILES string of the molecule is [2H]C([2H])([2H])c1c[c-]c(-c2ccc(C([2H])([2H])C(C)(C)C)cn2)cc1-c1ccccc1.[2H]C([2H])([2H])c1ccc2c(n1)oc1c(-c3cc(C([2H])([2H])C([2H])([2H])c4ccc(C(C)(C)C)cc4)c(C([2H])([2H])[2H])cn3)[c-]ccc12.[Ir]. The van der Waals surface area contributed by atoms with E-state index < -0.39 is 50.7 Å². The fourth-order valence-electron chi connectivity index (χ4n) is 6.26. The van der Waals surface area contributed by atoms with Crippen molar-refractivity contribution < 1.29 is 45.1 Å². The van der Waals surface area contributed by atoms with E-state index in [0.717, 1.165) is 17.3 Å². The van der Waals surface area contributed by atoms with Gasteiger partial charge in [0.05, 0.1) is 5.58 Å². The summed E-state index contributed by atoms with van der Waals surface area (Å²) >= 11 is 0. The number of rotatable bonds is 7. The van der Waals surface area contributed by atoms with Crippen molar-refractivity contribution in [2.75, 3.05) is 0 Å². The number of aromatic nitrogens is 3. The van der Waals surface area contributed by atoms with Gasteiger partial charge in [0.25, 0.3) is 0 Å². The number of hydrogen-bond acceptors (Lipinski definition) is 4. The van der Waals surface area contributed by atoms with E-state index in [1.807, 2.05) is 71.9 Å². The second-order valence-electron chi connectivity index (χ2n) is 15.8. The molecule has 58 heavy (non-hydrogen) atoms. The number of aryl methyl sites for hydroxylation is 5. The molecule has 8 aromatic rings. The Kier molecular flexibility index (Phi) is 8.17. The number of nitrogens with zero attached hydrogens (tertiary/aromatic N) is 3. The van der Waals surface area contributed by atoms with Crippen LogP contribution in [0.15, 0.2) is 126 Å². The summed E-state index contributed by atoms with van der Waals surface area (Å²) in [6, 6.07) is 36.3. The fraction of sp³-hybridized carbons (Fsp3) is 0.264. The molecule has 0 N–H and O–H groups in total. The van der Waals surface area contributed by atoms with Crippen molar-refractivity contribution in [2.24, 2.45) is 5.41 Å². The molecule has 4 aromatic carbocycles. The van der Waals surface area contributed by atoms with Crippen LogP contribution in [-0.4, -0.2) is 15.0 Å². The van der Waals surface area contributed by atoms with Crippen LogP contribution in [0, 0.1) is 38.1 Å². The Morgan fingerprint density at radius 2 is 1.47 bits per heavy atom. The number of pyridine rings is 3. The number of fused-ring (bicyclic) bond motifs is 3. The first-order valence-corrected chi connectivity index (χ1v) is 18.6. The van der Waals surface area contributed by atoms with Crippen LogP contribution in [0.2, 0.25) is 0 Å². The Bertz CT molecular complexity index is 3240. The first kappa shape index (κ1) is 26.7. The smallest absolute Gasteiger partial charge is 0.216 e. The molecule has 0 fully saturated rings. The molecule has 4 aromatic heterocycles. The summed E-state index contributed by atoms with van der Waals surface area (Å²) in [7, 11) is 0. The van der Waals surface area contributed by atoms with Gasteiger partial charge in [-0.25, -0.2) is 4.98 Å². The van der Waals surface area contributed by atoms with Crippen LogP contribution in [0.1, 0.15) is 101 Å². The van der Waals surface area contributed by atoms with Crippen LogP contribution in [0.4, 0.5) is 0 Å². The van der Waals surface area contributed by atoms with E-state index in [2.05, 4.69) is 27.1 Å². The van der Waals surface area contributed by atoms with Crippen molar-refractivity contribution in [1.29, 1.82) is 0 Å². The maximum absolute atomic E-state index is 9.01. The van der Waals surface area contributed by atoms with E-state index in [0.29, 0.717) is 33.2 Å². The number of hydrogen-bond donors (Lipinski definition) is 0. The van der Waals surface area contributed by atoms with Gasteiger partial charge in [0.15, 0.2) is 0 Å². The molecule has 297 valence electrons. The first-order chi connectivity index (χ1) is 33.1. The molecule has 0 amide bonds. The molecule has 0 spiro atoms. The predicted molar refractivity (Wildman–Crippen MR) is 237 cm³/mol. The third-order valence-corrected chi connectivity index (χ3v) is 9.15. The second kappa shape index (κ2) is 17.7. The maximum Gasteiger partial charge on any atom is 0.216 e. The summed E-state index contributed by atoms with van der Waals surface area (Å²) < 4.78 is 129. The molecule has 5 heteroatoms. The van der Waals surface area contributed by atoms with E-state index >= 15 is 0 Å². The topological polar surface area (TPSA) is 51.8 Å². The molecular formula is C53H53IrN3O-2. The van der Waals surface area contributed by atoms with Crippen molar-refractivity contribution in [3.63, 3.8) is 0 Å². The molecule has 4 heterocycles. The molecule has 8 rings (SSSR count). The molecular weight excluding hydrogens is 887 g/mol. The Balaban J connectivity index is 0.000000253. The third kappa shape index (κ3) is 10.1. The molecule has 0 unspecified atom stereocenters. The van der Waals surface area contributed by atoms with Crippen molar-refractivity contribution in [3.05, 3.63) is 173 Å². The monoisotopic (exact) mass is 955 g/mol. The summed E-state index contributed by atoms with van der Waals surface area (Å²) in [5, 5.41) is 1.12. The van der Waals surface area contributed by atoms with E-state index in [1.165, 1.54) is 30.3 Å². The predicted octanol–water partition coefficient (Wildman–Crippen LogP) is 13.7. The minimum atomic E-state index is -2.81. The van der Waals surface area contributed by atoms with E-state index in [9.17, 15) is 0 Å². The maximum atomic E-state index is 9.01. The molecule has 0 saturated heterocycles. The molecule has 0 saturated carbocycles. The third-order valence-electron chi connectivity index (χ3n) is 9.15. The summed E-state index contributed by atoms with van der Waals surface area (Å²) in [5.74, 6) is 0. The molecule has 0 atom stereocenters. The molecule has 1 radical (unpaired) electrons. The van der Waals surface area contributed by atoms with Gasteiger partial charge in [0.1, 0.15) is 0 Å². The van der Waals surface area contributed by atoms with Crippen molar-refractivity contribution >= 4 is 22.1 Å². The number of benzene rings is 4. The molecule has 0 aliphatic rings. The standard InChI is InChI=1S/C30H29N2O.C23H24N.Ir/c1-19-18-31-27(17-22(19)13-10-21-11-14-23(15-12-21)30(3,4)5)26-8-6-7-24-25-16-9-20(2)32-29(25)33-28(24)26;1-17-10-12-20(14-21(17)19-8-6-5-7-9-19)22-13-11-18(16-24-22)15-23(2,3)4;/h6-7,9,11-12,14-18H,10,13H2,1-5H3;5-11,13-14,16H,15H2,1-4H3;/q2*-1;/i1D3,2D3,10D2,13D2;1D3,15D2;. The quantitative estimate of drug-likeness (QED) is 0.149. The van der Waals surface area contributed by atoms with E-state index in [4.69, 9.17) is 25.0 Å². The molecule has 0 aliphatic carbocycles. The van der Waals surface area contributed by atoms with Gasteiger partial charge in [-0.15, -0.1) is 47.5 Å². The summed E-state index contributed by atoms with van der Waals surface area (Å²) in [4.78, 5) is 12.9. The van der Waals surface area contributed by atoms with Gasteiger partial charge in [-0.1, -0.05) is 143 Å². The van der Waals surface area contributed by atoms with Crippen LogP contribution >= 0.6 is 0 Å². The Labute approximate surface area is 379 Å². The van der Waals surface area contributed by atoms with Gasteiger partial charge < -0.3 is 14.4 Å². The van der Waals surface area contributed by atoms with Crippen LogP contribution in [0.25, 0.3) is 55.7 Å². The van der Waals surface area contributed by atoms with Crippen molar-refractivity contribution in [3.8, 4) is 33.6 Å². The van der Waals surface area contributed by atoms with Crippen LogP contribution in [0.5, 0.6) is 0 Å². The van der Waals surface area contributed by atoms with Crippen molar-refractivity contribution in [1.82, 2.24) is 15.0 Å². The Hall–Kier alpha value is -5.22. The molecule has 4 nitrogen and oxygen atoms in total. The molecule has 0 bridgehead atoms. The van der Waals surface area contributed by atoms with Gasteiger partial charge in [-0.2, -0.15) is 0 Å². The van der Waals surface area contributed by atoms with Gasteiger partial charge in [-0.05, 0) is 95.0 Å². The molecule has 0 aliphatic heterocycles. The van der Waals surface area contributed by atoms with E-state index in [-0.39, 0.29) is 70.5 Å². The zero-order valence-corrected chi connectivity index (χ0v) is 35.5. The minimum absolute atomic E-state index is 0. The Morgan fingerprint density at radius 3 is 2.16 bits per heavy atom. The largest absolute Gasteiger partial charge is 0.486 e. The van der Waals surface area contributed by atoms with Gasteiger partial charge in [0.2, 0.25) is 5.71 Å². The van der Waals surface area contributed by atoms with E-state index in [1.54, 1.807) is 54.7 Å². The van der Waals surface area contributed by atoms with Gasteiger partial charge in [-0.3, -0.25) is 0 Å². The minimum Gasteiger partial charge on any atom is -0.486 e. The van der Waals surface area contributed by atoms with Crippen molar-refractivity contribution in [2.45, 2.75) is 86.6 Å². The average Bonchev–Trinajstić information content (AvgIpc) is 3.69. The van der Waals surface area contributed by atoms with Gasteiger partial charge in [0, 0.05) is 64.1 Å². The average molecular weight is 955 g/mol.